The summed E-state index contributed by atoms with van der Waals surface area (Å²) in [6.45, 7) is 4.30. The van der Waals surface area contributed by atoms with Crippen molar-refractivity contribution in [2.24, 2.45) is 7.05 Å². The maximum absolute atomic E-state index is 13.3. The number of nitrogens with zero attached hydrogens (tertiary/aromatic N) is 2. The maximum atomic E-state index is 13.3. The van der Waals surface area contributed by atoms with E-state index in [9.17, 15) is 27.6 Å². The van der Waals surface area contributed by atoms with Crippen molar-refractivity contribution in [2.45, 2.75) is 31.8 Å². The molecule has 0 aliphatic carbocycles. The van der Waals surface area contributed by atoms with Crippen LogP contribution in [0.25, 0.3) is 5.69 Å². The molecule has 0 saturated heterocycles. The number of halogens is 1. The smallest absolute Gasteiger partial charge is 0.338 e. The zero-order chi connectivity index (χ0) is 31.5. The Morgan fingerprint density at radius 1 is 0.930 bits per heavy atom. The lowest BCUT2D eigenvalue weighted by atomic mass is 10.2. The van der Waals surface area contributed by atoms with Gasteiger partial charge in [-0.05, 0) is 68.4 Å². The van der Waals surface area contributed by atoms with Crippen LogP contribution < -0.4 is 20.9 Å². The van der Waals surface area contributed by atoms with Gasteiger partial charge in [-0.15, -0.1) is 0 Å². The van der Waals surface area contributed by atoms with Crippen LogP contribution in [-0.4, -0.2) is 41.7 Å². The number of hydrogen-bond acceptors (Lipinski definition) is 7. The Hall–Kier alpha value is -4.88. The Kier molecular flexibility index (Phi) is 9.07. The van der Waals surface area contributed by atoms with Gasteiger partial charge in [-0.1, -0.05) is 29.8 Å². The summed E-state index contributed by atoms with van der Waals surface area (Å²) >= 11 is 6.15. The number of hydrogen-bond donors (Lipinski definition) is 3. The Balaban J connectivity index is 1.51. The van der Waals surface area contributed by atoms with Crippen LogP contribution in [0.3, 0.4) is 0 Å². The fourth-order valence-corrected chi connectivity index (χ4v) is 5.57. The van der Waals surface area contributed by atoms with Gasteiger partial charge in [-0.3, -0.25) is 23.8 Å². The molecule has 224 valence electrons. The van der Waals surface area contributed by atoms with Crippen LogP contribution in [0.15, 0.2) is 82.5 Å². The second-order valence-electron chi connectivity index (χ2n) is 9.51. The SMILES string of the molecule is CC(=O)Nc1ccc(NC(=O)C(C)OC(=O)c2cc(Cl)cc(S(=O)(=O)Nc3c(C)n(C)n(-c4ccccc4)c3=O)c2)cc1. The number of benzene rings is 3. The molecule has 0 aliphatic rings. The average molecular weight is 626 g/mol. The number of aromatic nitrogens is 2. The van der Waals surface area contributed by atoms with Crippen molar-refractivity contribution < 1.29 is 27.5 Å². The maximum Gasteiger partial charge on any atom is 0.338 e. The van der Waals surface area contributed by atoms with Gasteiger partial charge in [0.25, 0.3) is 21.5 Å². The molecule has 2 amide bonds. The number of anilines is 3. The second kappa shape index (κ2) is 12.5. The lowest BCUT2D eigenvalue weighted by Crippen LogP contribution is -2.30. The third kappa shape index (κ3) is 7.13. The molecule has 12 nitrogen and oxygen atoms in total. The van der Waals surface area contributed by atoms with E-state index in [2.05, 4.69) is 15.4 Å². The summed E-state index contributed by atoms with van der Waals surface area (Å²) in [6.07, 6.45) is -1.26. The van der Waals surface area contributed by atoms with E-state index >= 15 is 0 Å². The van der Waals surface area contributed by atoms with Gasteiger partial charge in [0, 0.05) is 30.4 Å². The summed E-state index contributed by atoms with van der Waals surface area (Å²) in [7, 11) is -2.78. The fraction of sp³-hybridized carbons (Fsp3) is 0.172. The summed E-state index contributed by atoms with van der Waals surface area (Å²) in [4.78, 5) is 49.5. The van der Waals surface area contributed by atoms with E-state index in [0.717, 1.165) is 12.1 Å². The van der Waals surface area contributed by atoms with Crippen LogP contribution in [0.2, 0.25) is 5.02 Å². The molecule has 43 heavy (non-hydrogen) atoms. The number of amides is 2. The van der Waals surface area contributed by atoms with Crippen LogP contribution in [0.1, 0.15) is 29.9 Å². The largest absolute Gasteiger partial charge is 0.449 e. The number of para-hydroxylation sites is 1. The first-order valence-corrected chi connectivity index (χ1v) is 14.7. The number of sulfonamides is 1. The van der Waals surface area contributed by atoms with E-state index in [1.165, 1.54) is 29.3 Å². The van der Waals surface area contributed by atoms with Gasteiger partial charge >= 0.3 is 5.97 Å². The van der Waals surface area contributed by atoms with E-state index in [1.807, 2.05) is 0 Å². The first-order valence-electron chi connectivity index (χ1n) is 12.8. The molecule has 4 aromatic rings. The van der Waals surface area contributed by atoms with Crippen LogP contribution in [-0.2, 0) is 31.4 Å². The Morgan fingerprint density at radius 3 is 2.14 bits per heavy atom. The van der Waals surface area contributed by atoms with Gasteiger partial charge < -0.3 is 15.4 Å². The van der Waals surface area contributed by atoms with Crippen LogP contribution in [0.5, 0.6) is 0 Å². The molecule has 1 unspecified atom stereocenters. The summed E-state index contributed by atoms with van der Waals surface area (Å²) in [5, 5.41) is 5.11. The molecular formula is C29H28ClN5O7S. The van der Waals surface area contributed by atoms with E-state index in [4.69, 9.17) is 16.3 Å². The number of carbonyl (C=O) groups excluding carboxylic acids is 3. The number of rotatable bonds is 9. The number of esters is 1. The summed E-state index contributed by atoms with van der Waals surface area (Å²) in [5.41, 5.74) is 0.827. The zero-order valence-corrected chi connectivity index (χ0v) is 25.1. The van der Waals surface area contributed by atoms with Crippen LogP contribution in [0.4, 0.5) is 17.1 Å². The van der Waals surface area contributed by atoms with Gasteiger partial charge in [0.15, 0.2) is 6.10 Å². The van der Waals surface area contributed by atoms with Gasteiger partial charge in [0.2, 0.25) is 5.91 Å². The first kappa shape index (κ1) is 31.1. The Morgan fingerprint density at radius 2 is 1.53 bits per heavy atom. The quantitative estimate of drug-likeness (QED) is 0.236. The number of nitrogens with one attached hydrogen (secondary N) is 3. The average Bonchev–Trinajstić information content (AvgIpc) is 3.16. The normalized spacial score (nSPS) is 11.8. The molecule has 14 heteroatoms. The minimum atomic E-state index is -4.39. The Labute approximate surface area is 252 Å². The molecular weight excluding hydrogens is 598 g/mol. The third-order valence-electron chi connectivity index (χ3n) is 6.33. The second-order valence-corrected chi connectivity index (χ2v) is 11.6. The monoisotopic (exact) mass is 625 g/mol. The van der Waals surface area contributed by atoms with Crippen LogP contribution >= 0.6 is 11.6 Å². The van der Waals surface area contributed by atoms with Crippen molar-refractivity contribution in [2.75, 3.05) is 15.4 Å². The molecule has 1 aromatic heterocycles. The lowest BCUT2D eigenvalue weighted by Gasteiger charge is -2.15. The highest BCUT2D eigenvalue weighted by atomic mass is 35.5. The highest BCUT2D eigenvalue weighted by Gasteiger charge is 2.25. The standard InChI is InChI=1S/C29H28ClN5O7S/c1-17-26(28(38)35(34(17)4)24-8-6-5-7-9-24)33-43(40,41)25-15-20(14-21(30)16-25)29(39)42-18(2)27(37)32-23-12-10-22(11-13-23)31-19(3)36/h5-16,18,33H,1-4H3,(H,31,36)(H,32,37). The molecule has 3 N–H and O–H groups in total. The highest BCUT2D eigenvalue weighted by Crippen LogP contribution is 2.24. The molecule has 0 spiro atoms. The third-order valence-corrected chi connectivity index (χ3v) is 7.88. The molecule has 1 atom stereocenters. The molecule has 0 fully saturated rings. The fourth-order valence-electron chi connectivity index (χ4n) is 4.08. The zero-order valence-electron chi connectivity index (χ0n) is 23.5. The Bertz CT molecular complexity index is 1870. The summed E-state index contributed by atoms with van der Waals surface area (Å²) in [6, 6.07) is 18.3. The van der Waals surface area contributed by atoms with Gasteiger partial charge in [0.05, 0.1) is 21.8 Å². The van der Waals surface area contributed by atoms with Crippen molar-refractivity contribution in [3.8, 4) is 5.69 Å². The predicted molar refractivity (Wildman–Crippen MR) is 162 cm³/mol. The molecule has 0 bridgehead atoms. The van der Waals surface area contributed by atoms with Crippen molar-refractivity contribution in [1.82, 2.24) is 9.36 Å². The molecule has 0 radical (unpaired) electrons. The van der Waals surface area contributed by atoms with Crippen molar-refractivity contribution in [3.63, 3.8) is 0 Å². The topological polar surface area (TPSA) is 158 Å². The van der Waals surface area contributed by atoms with E-state index in [1.54, 1.807) is 68.6 Å². The summed E-state index contributed by atoms with van der Waals surface area (Å²) < 4.78 is 37.1. The number of ether oxygens (including phenoxy) is 1. The van der Waals surface area contributed by atoms with Gasteiger partial charge in [-0.2, -0.15) is 0 Å². The minimum Gasteiger partial charge on any atom is -0.449 e. The van der Waals surface area contributed by atoms with Crippen molar-refractivity contribution in [1.29, 1.82) is 0 Å². The van der Waals surface area contributed by atoms with E-state index in [-0.39, 0.29) is 22.2 Å². The number of carbonyl (C=O) groups is 3. The van der Waals surface area contributed by atoms with Gasteiger partial charge in [-0.25, -0.2) is 17.9 Å². The first-order chi connectivity index (χ1) is 20.3. The molecule has 1 heterocycles. The predicted octanol–water partition coefficient (Wildman–Crippen LogP) is 4.08. The molecule has 4 rings (SSSR count). The molecule has 0 aliphatic heterocycles. The van der Waals surface area contributed by atoms with Crippen LogP contribution in [0, 0.1) is 6.92 Å². The lowest BCUT2D eigenvalue weighted by molar-refractivity contribution is -0.123. The highest BCUT2D eigenvalue weighted by molar-refractivity contribution is 7.92. The minimum absolute atomic E-state index is 0.0855. The van der Waals surface area contributed by atoms with E-state index in [0.29, 0.717) is 22.8 Å². The van der Waals surface area contributed by atoms with Crippen molar-refractivity contribution >= 4 is 56.5 Å². The van der Waals surface area contributed by atoms with E-state index < -0.39 is 38.5 Å². The van der Waals surface area contributed by atoms with Gasteiger partial charge in [0.1, 0.15) is 5.69 Å². The summed E-state index contributed by atoms with van der Waals surface area (Å²) in [5.74, 6) is -1.89. The molecule has 3 aromatic carbocycles. The van der Waals surface area contributed by atoms with Crippen molar-refractivity contribution in [3.05, 3.63) is 99.4 Å². The molecule has 0 saturated carbocycles.